The van der Waals surface area contributed by atoms with Gasteiger partial charge >= 0.3 is 0 Å². The van der Waals surface area contributed by atoms with Gasteiger partial charge in [-0.05, 0) is 61.3 Å². The van der Waals surface area contributed by atoms with Crippen LogP contribution in [0.4, 0.5) is 0 Å². The minimum absolute atomic E-state index is 0.0323. The van der Waals surface area contributed by atoms with E-state index in [2.05, 4.69) is 31.8 Å². The van der Waals surface area contributed by atoms with Crippen molar-refractivity contribution >= 4 is 17.2 Å². The molecule has 2 unspecified atom stereocenters. The molecular weight excluding hydrogens is 328 g/mol. The van der Waals surface area contributed by atoms with Crippen molar-refractivity contribution in [1.82, 2.24) is 9.88 Å². The minimum Gasteiger partial charge on any atom is -0.333 e. The predicted octanol–water partition coefficient (Wildman–Crippen LogP) is 5.13. The Kier molecular flexibility index (Phi) is 5.01. The van der Waals surface area contributed by atoms with Gasteiger partial charge in [-0.1, -0.05) is 26.8 Å². The number of fused-ring (bicyclic) bond motifs is 1. The highest BCUT2D eigenvalue weighted by Gasteiger charge is 2.31. The molecule has 2 aromatic heterocycles. The van der Waals surface area contributed by atoms with Gasteiger partial charge in [0.1, 0.15) is 0 Å². The average Bonchev–Trinajstić information content (AvgIpc) is 3.03. The molecule has 4 heteroatoms. The van der Waals surface area contributed by atoms with Gasteiger partial charge in [-0.3, -0.25) is 9.78 Å². The van der Waals surface area contributed by atoms with Crippen LogP contribution in [0.1, 0.15) is 66.0 Å². The number of aryl methyl sites for hydroxylation is 1. The maximum atomic E-state index is 13.0. The Morgan fingerprint density at radius 2 is 2.12 bits per heavy atom. The summed E-state index contributed by atoms with van der Waals surface area (Å²) in [6, 6.07) is 7.95. The summed E-state index contributed by atoms with van der Waals surface area (Å²) in [7, 11) is 1.87. The smallest absolute Gasteiger partial charge is 0.264 e. The molecular formula is C21H28N2OS. The molecule has 0 N–H and O–H groups in total. The monoisotopic (exact) mass is 356 g/mol. The molecule has 0 aromatic carbocycles. The van der Waals surface area contributed by atoms with Gasteiger partial charge in [0.25, 0.3) is 5.91 Å². The molecule has 25 heavy (non-hydrogen) atoms. The van der Waals surface area contributed by atoms with Crippen LogP contribution < -0.4 is 0 Å². The normalized spacial score (nSPS) is 18.5. The minimum atomic E-state index is -0.0323. The van der Waals surface area contributed by atoms with Gasteiger partial charge in [0, 0.05) is 18.1 Å². The molecule has 0 radical (unpaired) electrons. The Morgan fingerprint density at radius 1 is 1.36 bits per heavy atom. The number of carbonyl (C=O) groups is 1. The largest absolute Gasteiger partial charge is 0.333 e. The number of amides is 1. The number of pyridine rings is 1. The maximum absolute atomic E-state index is 13.0. The lowest BCUT2D eigenvalue weighted by atomic mass is 9.72. The van der Waals surface area contributed by atoms with Crippen molar-refractivity contribution < 1.29 is 4.79 Å². The molecule has 0 aliphatic heterocycles. The van der Waals surface area contributed by atoms with Crippen molar-refractivity contribution in [3.05, 3.63) is 51.5 Å². The van der Waals surface area contributed by atoms with E-state index in [0.29, 0.717) is 11.3 Å². The number of carbonyl (C=O) groups excluding carboxylic acids is 1. The van der Waals surface area contributed by atoms with Crippen LogP contribution in [0, 0.1) is 11.3 Å². The third-order valence-electron chi connectivity index (χ3n) is 5.54. The van der Waals surface area contributed by atoms with E-state index < -0.39 is 0 Å². The summed E-state index contributed by atoms with van der Waals surface area (Å²) in [5.74, 6) is 0.799. The zero-order valence-electron chi connectivity index (χ0n) is 15.9. The molecule has 0 spiro atoms. The number of nitrogens with zero attached hydrogens (tertiary/aromatic N) is 2. The fraction of sp³-hybridized carbons (Fsp3) is 0.524. The van der Waals surface area contributed by atoms with Gasteiger partial charge in [0.2, 0.25) is 0 Å². The first-order valence-corrected chi connectivity index (χ1v) is 9.88. The van der Waals surface area contributed by atoms with Gasteiger partial charge in [0.05, 0.1) is 16.6 Å². The Labute approximate surface area is 155 Å². The number of thiophene rings is 1. The van der Waals surface area contributed by atoms with Gasteiger partial charge in [0.15, 0.2) is 0 Å². The molecule has 0 saturated carbocycles. The first-order valence-electron chi connectivity index (χ1n) is 9.07. The van der Waals surface area contributed by atoms with Gasteiger partial charge in [-0.25, -0.2) is 0 Å². The van der Waals surface area contributed by atoms with Crippen molar-refractivity contribution in [3.63, 3.8) is 0 Å². The second-order valence-electron chi connectivity index (χ2n) is 8.21. The van der Waals surface area contributed by atoms with E-state index in [1.807, 2.05) is 32.2 Å². The quantitative estimate of drug-likeness (QED) is 0.764. The van der Waals surface area contributed by atoms with E-state index in [1.54, 1.807) is 22.4 Å². The third-order valence-corrected chi connectivity index (χ3v) is 6.76. The molecule has 1 aliphatic carbocycles. The standard InChI is InChI=1S/C21H28N2OS/c1-14(17-8-6-7-11-22-17)23(5)20(24)19-13-15-12-16(21(2,3)4)9-10-18(15)25-19/h6-8,11,13-14,16H,9-10,12H2,1-5H3. The number of rotatable bonds is 3. The lowest BCUT2D eigenvalue weighted by Crippen LogP contribution is -2.29. The summed E-state index contributed by atoms with van der Waals surface area (Å²) in [5, 5.41) is 0. The molecule has 3 rings (SSSR count). The van der Waals surface area contributed by atoms with Crippen LogP contribution in [0.3, 0.4) is 0 Å². The lowest BCUT2D eigenvalue weighted by Gasteiger charge is -2.33. The number of hydrogen-bond donors (Lipinski definition) is 0. The van der Waals surface area contributed by atoms with E-state index in [0.717, 1.165) is 23.4 Å². The van der Waals surface area contributed by atoms with Crippen molar-refractivity contribution in [2.75, 3.05) is 7.05 Å². The molecule has 0 saturated heterocycles. The van der Waals surface area contributed by atoms with Gasteiger partial charge in [-0.2, -0.15) is 0 Å². The van der Waals surface area contributed by atoms with E-state index in [4.69, 9.17) is 0 Å². The summed E-state index contributed by atoms with van der Waals surface area (Å²) >= 11 is 1.69. The Hall–Kier alpha value is -1.68. The topological polar surface area (TPSA) is 33.2 Å². The van der Waals surface area contributed by atoms with Crippen LogP contribution in [0.5, 0.6) is 0 Å². The van der Waals surface area contributed by atoms with Crippen LogP contribution in [0.25, 0.3) is 0 Å². The van der Waals surface area contributed by atoms with E-state index in [9.17, 15) is 4.79 Å². The lowest BCUT2D eigenvalue weighted by molar-refractivity contribution is 0.0744. The summed E-state index contributed by atoms with van der Waals surface area (Å²) in [6.45, 7) is 9.00. The average molecular weight is 357 g/mol. The molecule has 1 aliphatic rings. The Bertz CT molecular complexity index is 745. The van der Waals surface area contributed by atoms with Crippen LogP contribution in [-0.2, 0) is 12.8 Å². The molecule has 3 nitrogen and oxygen atoms in total. The first kappa shape index (κ1) is 18.1. The SMILES string of the molecule is CC(c1ccccn1)N(C)C(=O)c1cc2c(s1)CCC(C(C)(C)C)C2. The van der Waals surface area contributed by atoms with Gasteiger partial charge in [-0.15, -0.1) is 11.3 Å². The van der Waals surface area contributed by atoms with Crippen molar-refractivity contribution in [2.24, 2.45) is 11.3 Å². The van der Waals surface area contributed by atoms with Crippen molar-refractivity contribution in [3.8, 4) is 0 Å². The molecule has 0 fully saturated rings. The summed E-state index contributed by atoms with van der Waals surface area (Å²) < 4.78 is 0. The van der Waals surface area contributed by atoms with E-state index in [-0.39, 0.29) is 11.9 Å². The second-order valence-corrected chi connectivity index (χ2v) is 9.35. The molecule has 134 valence electrons. The first-order chi connectivity index (χ1) is 11.8. The zero-order chi connectivity index (χ0) is 18.2. The molecule has 2 atom stereocenters. The molecule has 2 aromatic rings. The predicted molar refractivity (Wildman–Crippen MR) is 104 cm³/mol. The second kappa shape index (κ2) is 6.91. The molecule has 0 bridgehead atoms. The Balaban J connectivity index is 1.77. The van der Waals surface area contributed by atoms with Crippen molar-refractivity contribution in [1.29, 1.82) is 0 Å². The molecule has 1 amide bonds. The summed E-state index contributed by atoms with van der Waals surface area (Å²) in [5.41, 5.74) is 2.64. The van der Waals surface area contributed by atoms with Gasteiger partial charge < -0.3 is 4.90 Å². The maximum Gasteiger partial charge on any atom is 0.264 e. The fourth-order valence-corrected chi connectivity index (χ4v) is 4.73. The van der Waals surface area contributed by atoms with Crippen LogP contribution in [0.2, 0.25) is 0 Å². The highest BCUT2D eigenvalue weighted by Crippen LogP contribution is 2.40. The third kappa shape index (κ3) is 3.79. The highest BCUT2D eigenvalue weighted by molar-refractivity contribution is 7.14. The van der Waals surface area contributed by atoms with E-state index >= 15 is 0 Å². The fourth-order valence-electron chi connectivity index (χ4n) is 3.54. The van der Waals surface area contributed by atoms with Crippen LogP contribution >= 0.6 is 11.3 Å². The van der Waals surface area contributed by atoms with E-state index in [1.165, 1.54) is 16.9 Å². The molecule has 2 heterocycles. The summed E-state index contributed by atoms with van der Waals surface area (Å²) in [4.78, 5) is 21.4. The zero-order valence-corrected chi connectivity index (χ0v) is 16.7. The Morgan fingerprint density at radius 3 is 2.76 bits per heavy atom. The van der Waals surface area contributed by atoms with Crippen LogP contribution in [-0.4, -0.2) is 22.8 Å². The summed E-state index contributed by atoms with van der Waals surface area (Å²) in [6.07, 6.45) is 5.21. The highest BCUT2D eigenvalue weighted by atomic mass is 32.1. The number of hydrogen-bond acceptors (Lipinski definition) is 3. The van der Waals surface area contributed by atoms with Crippen LogP contribution in [0.15, 0.2) is 30.5 Å². The number of aromatic nitrogens is 1. The van der Waals surface area contributed by atoms with Crippen molar-refractivity contribution in [2.45, 2.75) is 53.0 Å².